The predicted molar refractivity (Wildman–Crippen MR) is 50.5 cm³/mol. The van der Waals surface area contributed by atoms with Crippen molar-refractivity contribution < 1.29 is 15.0 Å². The maximum absolute atomic E-state index is 10.1. The third-order valence-corrected chi connectivity index (χ3v) is 2.53. The molecule has 72 valence electrons. The molecular formula is C8H16O3S. The van der Waals surface area contributed by atoms with Crippen LogP contribution in [0.1, 0.15) is 25.7 Å². The molecule has 0 aliphatic heterocycles. The van der Waals surface area contributed by atoms with Gasteiger partial charge in [0.1, 0.15) is 0 Å². The van der Waals surface area contributed by atoms with Gasteiger partial charge in [-0.3, -0.25) is 4.79 Å². The Balaban J connectivity index is 2.86. The van der Waals surface area contributed by atoms with E-state index in [1.165, 1.54) is 0 Å². The van der Waals surface area contributed by atoms with Gasteiger partial charge in [-0.05, 0) is 30.8 Å². The molecule has 0 aromatic carbocycles. The van der Waals surface area contributed by atoms with Crippen molar-refractivity contribution in [3.63, 3.8) is 0 Å². The van der Waals surface area contributed by atoms with Crippen molar-refractivity contribution in [1.29, 1.82) is 0 Å². The molecule has 12 heavy (non-hydrogen) atoms. The highest BCUT2D eigenvalue weighted by atomic mass is 32.2. The number of hydrogen-bond donors (Lipinski definition) is 2. The third kappa shape index (κ3) is 9.78. The molecule has 0 rings (SSSR count). The van der Waals surface area contributed by atoms with Crippen LogP contribution >= 0.6 is 11.8 Å². The normalized spacial score (nSPS) is 10.1. The summed E-state index contributed by atoms with van der Waals surface area (Å²) in [5.74, 6) is 1.27. The van der Waals surface area contributed by atoms with Crippen molar-refractivity contribution >= 4 is 17.7 Å². The van der Waals surface area contributed by atoms with Crippen molar-refractivity contribution in [3.8, 4) is 0 Å². The van der Waals surface area contributed by atoms with E-state index < -0.39 is 5.97 Å². The van der Waals surface area contributed by atoms with Gasteiger partial charge in [0.15, 0.2) is 0 Å². The first kappa shape index (κ1) is 11.8. The second-order valence-electron chi connectivity index (χ2n) is 2.54. The molecule has 0 bridgehead atoms. The topological polar surface area (TPSA) is 57.5 Å². The van der Waals surface area contributed by atoms with Gasteiger partial charge < -0.3 is 10.2 Å². The molecule has 0 aliphatic carbocycles. The predicted octanol–water partition coefficient (Wildman–Crippen LogP) is 1.36. The largest absolute Gasteiger partial charge is 0.481 e. The van der Waals surface area contributed by atoms with E-state index in [0.717, 1.165) is 30.8 Å². The van der Waals surface area contributed by atoms with Crippen molar-refractivity contribution in [2.24, 2.45) is 0 Å². The highest BCUT2D eigenvalue weighted by Crippen LogP contribution is 2.07. The summed E-state index contributed by atoms with van der Waals surface area (Å²) >= 11 is 1.78. The molecule has 0 fully saturated rings. The smallest absolute Gasteiger partial charge is 0.303 e. The number of carbonyl (C=O) groups is 1. The van der Waals surface area contributed by atoms with Gasteiger partial charge in [0.2, 0.25) is 0 Å². The summed E-state index contributed by atoms with van der Waals surface area (Å²) in [5.41, 5.74) is 0. The first-order valence-electron chi connectivity index (χ1n) is 4.17. The average Bonchev–Trinajstić information content (AvgIpc) is 2.02. The maximum atomic E-state index is 10.1. The number of hydrogen-bond acceptors (Lipinski definition) is 3. The standard InChI is InChI=1S/C8H16O3S/c9-5-3-7-12-6-2-1-4-8(10)11/h9H,1-7H2,(H,10,11). The first-order chi connectivity index (χ1) is 5.77. The van der Waals surface area contributed by atoms with E-state index in [2.05, 4.69) is 0 Å². The van der Waals surface area contributed by atoms with Crippen molar-refractivity contribution in [2.75, 3.05) is 18.1 Å². The molecule has 0 heterocycles. The quantitative estimate of drug-likeness (QED) is 0.570. The van der Waals surface area contributed by atoms with Crippen LogP contribution in [0.4, 0.5) is 0 Å². The monoisotopic (exact) mass is 192 g/mol. The van der Waals surface area contributed by atoms with Gasteiger partial charge in [0.05, 0.1) is 0 Å². The van der Waals surface area contributed by atoms with Crippen LogP contribution in [0.5, 0.6) is 0 Å². The molecule has 0 aliphatic rings. The first-order valence-corrected chi connectivity index (χ1v) is 5.33. The number of aliphatic carboxylic acids is 1. The Kier molecular flexibility index (Phi) is 8.71. The molecule has 4 heteroatoms. The van der Waals surface area contributed by atoms with Crippen LogP contribution in [-0.2, 0) is 4.79 Å². The molecule has 0 aromatic heterocycles. The summed E-state index contributed by atoms with van der Waals surface area (Å²) in [5, 5.41) is 16.8. The van der Waals surface area contributed by atoms with E-state index in [1.54, 1.807) is 11.8 Å². The van der Waals surface area contributed by atoms with Gasteiger partial charge in [0.25, 0.3) is 0 Å². The molecule has 0 spiro atoms. The Hall–Kier alpha value is -0.220. The number of rotatable bonds is 8. The lowest BCUT2D eigenvalue weighted by atomic mass is 10.3. The number of unbranched alkanes of at least 4 members (excludes halogenated alkanes) is 1. The zero-order valence-electron chi connectivity index (χ0n) is 7.16. The zero-order valence-corrected chi connectivity index (χ0v) is 7.98. The summed E-state index contributed by atoms with van der Waals surface area (Å²) in [4.78, 5) is 10.1. The molecule has 0 saturated heterocycles. The summed E-state index contributed by atoms with van der Waals surface area (Å²) in [6, 6.07) is 0. The van der Waals surface area contributed by atoms with Gasteiger partial charge in [-0.2, -0.15) is 11.8 Å². The second-order valence-corrected chi connectivity index (χ2v) is 3.77. The Morgan fingerprint density at radius 2 is 1.83 bits per heavy atom. The summed E-state index contributed by atoms with van der Waals surface area (Å²) < 4.78 is 0. The SMILES string of the molecule is O=C(O)CCCCSCCCO. The fourth-order valence-corrected chi connectivity index (χ4v) is 1.69. The van der Waals surface area contributed by atoms with E-state index in [-0.39, 0.29) is 13.0 Å². The minimum absolute atomic E-state index is 0.252. The van der Waals surface area contributed by atoms with Gasteiger partial charge in [-0.15, -0.1) is 0 Å². The van der Waals surface area contributed by atoms with Gasteiger partial charge >= 0.3 is 5.97 Å². The van der Waals surface area contributed by atoms with Crippen LogP contribution in [0, 0.1) is 0 Å². The number of aliphatic hydroxyl groups is 1. The maximum Gasteiger partial charge on any atom is 0.303 e. The average molecular weight is 192 g/mol. The summed E-state index contributed by atoms with van der Waals surface area (Å²) in [6.45, 7) is 0.252. The van der Waals surface area contributed by atoms with E-state index in [9.17, 15) is 4.79 Å². The number of carboxylic acid groups (broad SMARTS) is 1. The van der Waals surface area contributed by atoms with Crippen LogP contribution < -0.4 is 0 Å². The second kappa shape index (κ2) is 8.87. The highest BCUT2D eigenvalue weighted by molar-refractivity contribution is 7.99. The van der Waals surface area contributed by atoms with Gasteiger partial charge in [0, 0.05) is 13.0 Å². The van der Waals surface area contributed by atoms with E-state index in [1.807, 2.05) is 0 Å². The van der Waals surface area contributed by atoms with Gasteiger partial charge in [-0.25, -0.2) is 0 Å². The molecule has 2 N–H and O–H groups in total. The lowest BCUT2D eigenvalue weighted by Crippen LogP contribution is -1.94. The van der Waals surface area contributed by atoms with Crippen molar-refractivity contribution in [2.45, 2.75) is 25.7 Å². The molecule has 0 unspecified atom stereocenters. The number of carboxylic acids is 1. The molecule has 0 aromatic rings. The van der Waals surface area contributed by atoms with Crippen molar-refractivity contribution in [3.05, 3.63) is 0 Å². The molecule has 0 atom stereocenters. The Morgan fingerprint density at radius 3 is 2.42 bits per heavy atom. The summed E-state index contributed by atoms with van der Waals surface area (Å²) in [7, 11) is 0. The van der Waals surface area contributed by atoms with Gasteiger partial charge in [-0.1, -0.05) is 0 Å². The van der Waals surface area contributed by atoms with E-state index in [0.29, 0.717) is 0 Å². The zero-order chi connectivity index (χ0) is 9.23. The molecule has 0 saturated carbocycles. The number of thioether (sulfide) groups is 1. The highest BCUT2D eigenvalue weighted by Gasteiger charge is 1.95. The van der Waals surface area contributed by atoms with E-state index >= 15 is 0 Å². The molecule has 3 nitrogen and oxygen atoms in total. The molecule has 0 radical (unpaired) electrons. The van der Waals surface area contributed by atoms with Crippen molar-refractivity contribution in [1.82, 2.24) is 0 Å². The lowest BCUT2D eigenvalue weighted by Gasteiger charge is -1.98. The fraction of sp³-hybridized carbons (Fsp3) is 0.875. The Labute approximate surface area is 77.2 Å². The van der Waals surface area contributed by atoms with Crippen LogP contribution in [0.3, 0.4) is 0 Å². The fourth-order valence-electron chi connectivity index (χ4n) is 0.749. The van der Waals surface area contributed by atoms with Crippen LogP contribution in [0.2, 0.25) is 0 Å². The molecule has 0 amide bonds. The minimum atomic E-state index is -0.713. The Bertz CT molecular complexity index is 117. The van der Waals surface area contributed by atoms with E-state index in [4.69, 9.17) is 10.2 Å². The summed E-state index contributed by atoms with van der Waals surface area (Å²) in [6.07, 6.45) is 2.84. The number of aliphatic hydroxyl groups excluding tert-OH is 1. The minimum Gasteiger partial charge on any atom is -0.481 e. The molecular weight excluding hydrogens is 176 g/mol. The van der Waals surface area contributed by atoms with Crippen LogP contribution in [0.15, 0.2) is 0 Å². The lowest BCUT2D eigenvalue weighted by molar-refractivity contribution is -0.137. The third-order valence-electron chi connectivity index (χ3n) is 1.38. The van der Waals surface area contributed by atoms with Crippen LogP contribution in [0.25, 0.3) is 0 Å². The van der Waals surface area contributed by atoms with Crippen LogP contribution in [-0.4, -0.2) is 34.3 Å². The Morgan fingerprint density at radius 1 is 1.17 bits per heavy atom.